The summed E-state index contributed by atoms with van der Waals surface area (Å²) in [5.74, 6) is 1.17. The fraction of sp³-hybridized carbons (Fsp3) is 0.214. The van der Waals surface area contributed by atoms with Gasteiger partial charge in [-0.05, 0) is 51.9 Å². The van der Waals surface area contributed by atoms with E-state index in [4.69, 9.17) is 0 Å². The van der Waals surface area contributed by atoms with Gasteiger partial charge in [-0.1, -0.05) is 101 Å². The van der Waals surface area contributed by atoms with E-state index in [2.05, 4.69) is 118 Å². The van der Waals surface area contributed by atoms with Gasteiger partial charge in [0, 0.05) is 30.0 Å². The summed E-state index contributed by atoms with van der Waals surface area (Å²) >= 11 is 3.60. The van der Waals surface area contributed by atoms with Crippen molar-refractivity contribution < 1.29 is 0 Å². The van der Waals surface area contributed by atoms with Crippen molar-refractivity contribution in [3.05, 3.63) is 118 Å². The van der Waals surface area contributed by atoms with Crippen molar-refractivity contribution in [2.75, 3.05) is 13.1 Å². The summed E-state index contributed by atoms with van der Waals surface area (Å²) in [5.41, 5.74) is 4.33. The van der Waals surface area contributed by atoms with Crippen molar-refractivity contribution >= 4 is 26.7 Å². The van der Waals surface area contributed by atoms with E-state index < -0.39 is 0 Å². The summed E-state index contributed by atoms with van der Waals surface area (Å²) in [4.78, 5) is 2.64. The van der Waals surface area contributed by atoms with E-state index in [0.29, 0.717) is 11.8 Å². The number of rotatable bonds is 5. The lowest BCUT2D eigenvalue weighted by atomic mass is 9.84. The van der Waals surface area contributed by atoms with Crippen LogP contribution in [0.1, 0.15) is 22.6 Å². The number of hydrogen-bond donors (Lipinski definition) is 0. The predicted octanol–water partition coefficient (Wildman–Crippen LogP) is 7.06. The number of benzene rings is 4. The van der Waals surface area contributed by atoms with Crippen LogP contribution in [-0.4, -0.2) is 18.0 Å². The van der Waals surface area contributed by atoms with Gasteiger partial charge in [-0.3, -0.25) is 4.90 Å². The van der Waals surface area contributed by atoms with Gasteiger partial charge in [-0.15, -0.1) is 0 Å². The second kappa shape index (κ2) is 8.75. The van der Waals surface area contributed by atoms with E-state index in [1.165, 1.54) is 27.5 Å². The normalized spacial score (nSPS) is 19.4. The topological polar surface area (TPSA) is 3.24 Å². The highest BCUT2D eigenvalue weighted by Gasteiger charge is 2.34. The van der Waals surface area contributed by atoms with Gasteiger partial charge < -0.3 is 0 Å². The molecule has 1 heterocycles. The fourth-order valence-electron chi connectivity index (χ4n) is 4.98. The van der Waals surface area contributed by atoms with Crippen LogP contribution in [0.5, 0.6) is 0 Å². The summed E-state index contributed by atoms with van der Waals surface area (Å²) in [6, 6.07) is 35.4. The Hall–Kier alpha value is -2.42. The molecule has 0 N–H and O–H groups in total. The molecule has 0 saturated carbocycles. The summed E-state index contributed by atoms with van der Waals surface area (Å²) in [5, 5.41) is 2.74. The van der Waals surface area contributed by atoms with Gasteiger partial charge in [0.2, 0.25) is 0 Å². The molecule has 2 atom stereocenters. The SMILES string of the molecule is Brc1ccc(C2CN(Cc3ccccc3)CC2Cc2cccc3ccccc23)cc1. The lowest BCUT2D eigenvalue weighted by Gasteiger charge is -2.20. The summed E-state index contributed by atoms with van der Waals surface area (Å²) in [6.07, 6.45) is 1.12. The zero-order valence-corrected chi connectivity index (χ0v) is 18.6. The predicted molar refractivity (Wildman–Crippen MR) is 130 cm³/mol. The Morgan fingerprint density at radius 3 is 2.30 bits per heavy atom. The molecule has 0 spiro atoms. The highest BCUT2D eigenvalue weighted by atomic mass is 79.9. The molecule has 1 fully saturated rings. The molecule has 0 aromatic heterocycles. The van der Waals surface area contributed by atoms with Crippen LogP contribution in [0.4, 0.5) is 0 Å². The van der Waals surface area contributed by atoms with Crippen molar-refractivity contribution in [3.63, 3.8) is 0 Å². The first kappa shape index (κ1) is 19.5. The molecule has 0 radical (unpaired) electrons. The van der Waals surface area contributed by atoms with Gasteiger partial charge in [-0.25, -0.2) is 0 Å². The Morgan fingerprint density at radius 2 is 1.47 bits per heavy atom. The van der Waals surface area contributed by atoms with E-state index >= 15 is 0 Å². The Bertz CT molecular complexity index is 1110. The average molecular weight is 456 g/mol. The maximum absolute atomic E-state index is 3.60. The number of hydrogen-bond acceptors (Lipinski definition) is 1. The standard InChI is InChI=1S/C28H26BrN/c29-26-15-13-23(14-16-26)28-20-30(18-21-7-2-1-3-8-21)19-25(28)17-24-11-6-10-22-9-4-5-12-27(22)24/h1-16,25,28H,17-20H2. The van der Waals surface area contributed by atoms with Crippen LogP contribution in [0.3, 0.4) is 0 Å². The Kier molecular flexibility index (Phi) is 5.70. The molecule has 0 amide bonds. The summed E-state index contributed by atoms with van der Waals surface area (Å²) in [6.45, 7) is 3.28. The maximum atomic E-state index is 3.60. The minimum atomic E-state index is 0.556. The van der Waals surface area contributed by atoms with Crippen LogP contribution in [0, 0.1) is 5.92 Å². The zero-order chi connectivity index (χ0) is 20.3. The summed E-state index contributed by atoms with van der Waals surface area (Å²) in [7, 11) is 0. The van der Waals surface area contributed by atoms with Crippen molar-refractivity contribution in [3.8, 4) is 0 Å². The second-order valence-corrected chi connectivity index (χ2v) is 9.36. The third-order valence-corrected chi connectivity index (χ3v) is 6.95. The van der Waals surface area contributed by atoms with Crippen LogP contribution in [0.15, 0.2) is 102 Å². The van der Waals surface area contributed by atoms with Crippen molar-refractivity contribution in [2.45, 2.75) is 18.9 Å². The van der Waals surface area contributed by atoms with Crippen LogP contribution >= 0.6 is 15.9 Å². The van der Waals surface area contributed by atoms with Gasteiger partial charge in [0.1, 0.15) is 0 Å². The van der Waals surface area contributed by atoms with E-state index in [-0.39, 0.29) is 0 Å². The van der Waals surface area contributed by atoms with Crippen LogP contribution in [-0.2, 0) is 13.0 Å². The molecule has 2 heteroatoms. The van der Waals surface area contributed by atoms with E-state index in [1.54, 1.807) is 0 Å². The number of nitrogens with zero attached hydrogens (tertiary/aromatic N) is 1. The molecule has 150 valence electrons. The van der Waals surface area contributed by atoms with Crippen LogP contribution in [0.2, 0.25) is 0 Å². The summed E-state index contributed by atoms with van der Waals surface area (Å²) < 4.78 is 1.15. The lowest BCUT2D eigenvalue weighted by Crippen LogP contribution is -2.20. The molecule has 0 bridgehead atoms. The van der Waals surface area contributed by atoms with Crippen molar-refractivity contribution in [2.24, 2.45) is 5.92 Å². The lowest BCUT2D eigenvalue weighted by molar-refractivity contribution is 0.315. The number of halogens is 1. The first-order valence-corrected chi connectivity index (χ1v) is 11.5. The van der Waals surface area contributed by atoms with Gasteiger partial charge in [-0.2, -0.15) is 0 Å². The van der Waals surface area contributed by atoms with Gasteiger partial charge in [0.25, 0.3) is 0 Å². The van der Waals surface area contributed by atoms with Gasteiger partial charge >= 0.3 is 0 Å². The molecule has 4 aromatic rings. The molecule has 5 rings (SSSR count). The molecule has 1 aliphatic rings. The van der Waals surface area contributed by atoms with Crippen LogP contribution < -0.4 is 0 Å². The van der Waals surface area contributed by atoms with Crippen LogP contribution in [0.25, 0.3) is 10.8 Å². The highest BCUT2D eigenvalue weighted by molar-refractivity contribution is 9.10. The molecule has 1 nitrogen and oxygen atoms in total. The zero-order valence-electron chi connectivity index (χ0n) is 17.0. The fourth-order valence-corrected chi connectivity index (χ4v) is 5.24. The van der Waals surface area contributed by atoms with E-state index in [1.807, 2.05) is 0 Å². The molecule has 1 saturated heterocycles. The monoisotopic (exact) mass is 455 g/mol. The number of fused-ring (bicyclic) bond motifs is 1. The van der Waals surface area contributed by atoms with Gasteiger partial charge in [0.15, 0.2) is 0 Å². The third kappa shape index (κ3) is 4.21. The molecule has 2 unspecified atom stereocenters. The molecular weight excluding hydrogens is 430 g/mol. The molecule has 0 aliphatic carbocycles. The Labute approximate surface area is 187 Å². The average Bonchev–Trinajstić information content (AvgIpc) is 3.17. The molecule has 30 heavy (non-hydrogen) atoms. The number of likely N-dealkylation sites (tertiary alicyclic amines) is 1. The second-order valence-electron chi connectivity index (χ2n) is 8.44. The van der Waals surface area contributed by atoms with E-state index in [9.17, 15) is 0 Å². The van der Waals surface area contributed by atoms with Crippen molar-refractivity contribution in [1.82, 2.24) is 4.90 Å². The first-order valence-electron chi connectivity index (χ1n) is 10.7. The van der Waals surface area contributed by atoms with Gasteiger partial charge in [0.05, 0.1) is 0 Å². The molecular formula is C28H26BrN. The van der Waals surface area contributed by atoms with E-state index in [0.717, 1.165) is 30.5 Å². The molecule has 4 aromatic carbocycles. The quantitative estimate of drug-likeness (QED) is 0.311. The minimum Gasteiger partial charge on any atom is -0.298 e. The Balaban J connectivity index is 1.44. The molecule has 1 aliphatic heterocycles. The largest absolute Gasteiger partial charge is 0.298 e. The minimum absolute atomic E-state index is 0.556. The van der Waals surface area contributed by atoms with Crippen molar-refractivity contribution in [1.29, 1.82) is 0 Å². The smallest absolute Gasteiger partial charge is 0.0234 e. The highest BCUT2D eigenvalue weighted by Crippen LogP contribution is 2.37. The third-order valence-electron chi connectivity index (χ3n) is 6.43. The maximum Gasteiger partial charge on any atom is 0.0234 e. The Morgan fingerprint density at radius 1 is 0.733 bits per heavy atom. The first-order chi connectivity index (χ1) is 14.8.